The minimum atomic E-state index is -3.42. The number of aromatic nitrogens is 1. The number of hydrogen-bond donors (Lipinski definition) is 4. The van der Waals surface area contributed by atoms with Gasteiger partial charge < -0.3 is 15.5 Å². The third kappa shape index (κ3) is 3.57. The summed E-state index contributed by atoms with van der Waals surface area (Å²) in [6.07, 6.45) is 2.60. The van der Waals surface area contributed by atoms with Crippen LogP contribution in [0.2, 0.25) is 0 Å². The van der Waals surface area contributed by atoms with Gasteiger partial charge in [0.1, 0.15) is 5.69 Å². The lowest BCUT2D eigenvalue weighted by Crippen LogP contribution is -2.18. The number of pyridine rings is 1. The van der Waals surface area contributed by atoms with Crippen LogP contribution in [-0.4, -0.2) is 34.8 Å². The number of benzene rings is 1. The molecule has 1 aliphatic carbocycles. The zero-order chi connectivity index (χ0) is 17.3. The molecule has 9 heteroatoms. The number of phenols is 2. The molecule has 0 saturated heterocycles. The fourth-order valence-electron chi connectivity index (χ4n) is 2.04. The number of nitrogens with one attached hydrogen (secondary N) is 2. The van der Waals surface area contributed by atoms with Gasteiger partial charge in [0.15, 0.2) is 11.5 Å². The highest BCUT2D eigenvalue weighted by Crippen LogP contribution is 2.30. The Hall–Kier alpha value is -2.81. The molecule has 1 aromatic heterocycles. The molecule has 0 spiro atoms. The number of nitrogens with zero attached hydrogens (tertiary/aromatic N) is 1. The Morgan fingerprint density at radius 3 is 2.50 bits per heavy atom. The molecular weight excluding hydrogens is 334 g/mol. The third-order valence-electron chi connectivity index (χ3n) is 3.45. The summed E-state index contributed by atoms with van der Waals surface area (Å²) in [6.45, 7) is 0. The van der Waals surface area contributed by atoms with E-state index in [0.717, 1.165) is 0 Å². The van der Waals surface area contributed by atoms with E-state index < -0.39 is 15.9 Å². The molecule has 1 saturated carbocycles. The van der Waals surface area contributed by atoms with E-state index in [1.165, 1.54) is 36.5 Å². The van der Waals surface area contributed by atoms with Gasteiger partial charge in [0.25, 0.3) is 5.91 Å². The molecule has 0 aliphatic heterocycles. The van der Waals surface area contributed by atoms with Crippen LogP contribution < -0.4 is 10.0 Å². The van der Waals surface area contributed by atoms with Gasteiger partial charge in [-0.2, -0.15) is 0 Å². The molecular formula is C15H15N3O5S. The summed E-state index contributed by atoms with van der Waals surface area (Å²) in [4.78, 5) is 16.1. The van der Waals surface area contributed by atoms with E-state index in [1.54, 1.807) is 0 Å². The normalized spacial score (nSPS) is 14.2. The van der Waals surface area contributed by atoms with Gasteiger partial charge in [0.05, 0.1) is 10.9 Å². The number of sulfonamides is 1. The van der Waals surface area contributed by atoms with E-state index in [9.17, 15) is 23.4 Å². The summed E-state index contributed by atoms with van der Waals surface area (Å²) in [6, 6.07) is 6.62. The van der Waals surface area contributed by atoms with Gasteiger partial charge in [-0.25, -0.2) is 8.42 Å². The van der Waals surface area contributed by atoms with E-state index in [4.69, 9.17) is 0 Å². The van der Waals surface area contributed by atoms with Crippen LogP contribution in [0.3, 0.4) is 0 Å². The Morgan fingerprint density at radius 1 is 1.08 bits per heavy atom. The molecule has 1 amide bonds. The summed E-state index contributed by atoms with van der Waals surface area (Å²) < 4.78 is 26.3. The van der Waals surface area contributed by atoms with Gasteiger partial charge in [-0.15, -0.1) is 0 Å². The highest BCUT2D eigenvalue weighted by atomic mass is 32.2. The number of phenolic OH excluding ortho intramolecular Hbond substituents is 2. The minimum Gasteiger partial charge on any atom is -0.504 e. The SMILES string of the molecule is O=C(Nc1ccc(O)c(O)c1)c1cc(NS(=O)(=O)C2CC2)ccn1. The summed E-state index contributed by atoms with van der Waals surface area (Å²) >= 11 is 0. The van der Waals surface area contributed by atoms with Crippen LogP contribution in [0, 0.1) is 0 Å². The third-order valence-corrected chi connectivity index (χ3v) is 5.32. The zero-order valence-electron chi connectivity index (χ0n) is 12.4. The first-order chi connectivity index (χ1) is 11.3. The predicted octanol–water partition coefficient (Wildman–Crippen LogP) is 1.65. The molecule has 1 heterocycles. The molecule has 1 aliphatic rings. The second-order valence-electron chi connectivity index (χ2n) is 5.43. The number of rotatable bonds is 5. The van der Waals surface area contributed by atoms with Gasteiger partial charge in [-0.05, 0) is 37.1 Å². The second kappa shape index (κ2) is 6.00. The van der Waals surface area contributed by atoms with Crippen LogP contribution in [0.1, 0.15) is 23.3 Å². The molecule has 0 radical (unpaired) electrons. The molecule has 0 atom stereocenters. The van der Waals surface area contributed by atoms with Crippen molar-refractivity contribution in [1.82, 2.24) is 4.98 Å². The monoisotopic (exact) mass is 349 g/mol. The van der Waals surface area contributed by atoms with Crippen LogP contribution >= 0.6 is 0 Å². The molecule has 2 aromatic rings. The van der Waals surface area contributed by atoms with E-state index in [0.29, 0.717) is 12.8 Å². The number of carbonyl (C=O) groups excluding carboxylic acids is 1. The Bertz CT molecular complexity index is 894. The number of anilines is 2. The van der Waals surface area contributed by atoms with Crippen LogP contribution in [0.15, 0.2) is 36.5 Å². The first kappa shape index (κ1) is 16.1. The van der Waals surface area contributed by atoms with Gasteiger partial charge in [-0.1, -0.05) is 0 Å². The highest BCUT2D eigenvalue weighted by Gasteiger charge is 2.35. The molecule has 3 rings (SSSR count). The maximum absolute atomic E-state index is 12.2. The van der Waals surface area contributed by atoms with Crippen molar-refractivity contribution < 1.29 is 23.4 Å². The Kier molecular flexibility index (Phi) is 4.02. The van der Waals surface area contributed by atoms with Gasteiger partial charge in [0.2, 0.25) is 10.0 Å². The van der Waals surface area contributed by atoms with Gasteiger partial charge in [-0.3, -0.25) is 14.5 Å². The van der Waals surface area contributed by atoms with E-state index in [1.807, 2.05) is 0 Å². The van der Waals surface area contributed by atoms with Crippen LogP contribution in [0.25, 0.3) is 0 Å². The number of hydrogen-bond acceptors (Lipinski definition) is 6. The molecule has 24 heavy (non-hydrogen) atoms. The molecule has 1 aromatic carbocycles. The molecule has 4 N–H and O–H groups in total. The summed E-state index contributed by atoms with van der Waals surface area (Å²) in [5.41, 5.74) is 0.537. The molecule has 0 bridgehead atoms. The lowest BCUT2D eigenvalue weighted by molar-refractivity contribution is 0.102. The Morgan fingerprint density at radius 2 is 1.83 bits per heavy atom. The first-order valence-corrected chi connectivity index (χ1v) is 8.71. The topological polar surface area (TPSA) is 129 Å². The quantitative estimate of drug-likeness (QED) is 0.480. The van der Waals surface area contributed by atoms with Gasteiger partial charge >= 0.3 is 0 Å². The summed E-state index contributed by atoms with van der Waals surface area (Å²) in [5.74, 6) is -1.25. The Balaban J connectivity index is 1.75. The molecule has 126 valence electrons. The van der Waals surface area contributed by atoms with E-state index >= 15 is 0 Å². The second-order valence-corrected chi connectivity index (χ2v) is 7.39. The maximum Gasteiger partial charge on any atom is 0.274 e. The number of aromatic hydroxyl groups is 2. The van der Waals surface area contributed by atoms with Crippen molar-refractivity contribution in [1.29, 1.82) is 0 Å². The number of amides is 1. The summed E-state index contributed by atoms with van der Waals surface area (Å²) in [7, 11) is -3.42. The van der Waals surface area contributed by atoms with Crippen LogP contribution in [-0.2, 0) is 10.0 Å². The lowest BCUT2D eigenvalue weighted by atomic mass is 10.2. The van der Waals surface area contributed by atoms with Crippen molar-refractivity contribution in [3.8, 4) is 11.5 Å². The van der Waals surface area contributed by atoms with Crippen molar-refractivity contribution in [3.63, 3.8) is 0 Å². The molecule has 0 unspecified atom stereocenters. The van der Waals surface area contributed by atoms with Crippen molar-refractivity contribution in [2.45, 2.75) is 18.1 Å². The van der Waals surface area contributed by atoms with Gasteiger partial charge in [0, 0.05) is 18.0 Å². The standard InChI is InChI=1S/C15H15N3O5S/c19-13-4-1-9(8-14(13)20)17-15(21)12-7-10(5-6-16-12)18-24(22,23)11-2-3-11/h1,4-8,11,19-20H,2-3H2,(H,16,18)(H,17,21). The zero-order valence-corrected chi connectivity index (χ0v) is 13.2. The van der Waals surface area contributed by atoms with E-state index in [-0.39, 0.29) is 33.8 Å². The van der Waals surface area contributed by atoms with Crippen LogP contribution in [0.5, 0.6) is 11.5 Å². The maximum atomic E-state index is 12.2. The number of carbonyl (C=O) groups is 1. The van der Waals surface area contributed by atoms with Crippen molar-refractivity contribution in [2.75, 3.05) is 10.0 Å². The summed E-state index contributed by atoms with van der Waals surface area (Å²) in [5, 5.41) is 20.8. The van der Waals surface area contributed by atoms with Crippen molar-refractivity contribution >= 4 is 27.3 Å². The minimum absolute atomic E-state index is 0.0126. The smallest absolute Gasteiger partial charge is 0.274 e. The highest BCUT2D eigenvalue weighted by molar-refractivity contribution is 7.93. The fourth-order valence-corrected chi connectivity index (χ4v) is 3.42. The lowest BCUT2D eigenvalue weighted by Gasteiger charge is -2.09. The average Bonchev–Trinajstić information content (AvgIpc) is 3.36. The average molecular weight is 349 g/mol. The van der Waals surface area contributed by atoms with Crippen LogP contribution in [0.4, 0.5) is 11.4 Å². The molecule has 1 fully saturated rings. The largest absolute Gasteiger partial charge is 0.504 e. The first-order valence-electron chi connectivity index (χ1n) is 7.16. The van der Waals surface area contributed by atoms with Crippen molar-refractivity contribution in [3.05, 3.63) is 42.2 Å². The molecule has 8 nitrogen and oxygen atoms in total. The predicted molar refractivity (Wildman–Crippen MR) is 87.5 cm³/mol. The van der Waals surface area contributed by atoms with E-state index in [2.05, 4.69) is 15.0 Å². The van der Waals surface area contributed by atoms with Crippen molar-refractivity contribution in [2.24, 2.45) is 0 Å². The Labute approximate surface area is 138 Å². The fraction of sp³-hybridized carbons (Fsp3) is 0.200.